The van der Waals surface area contributed by atoms with Crippen LogP contribution < -0.4 is 4.74 Å². The Morgan fingerprint density at radius 2 is 2.12 bits per heavy atom. The van der Waals surface area contributed by atoms with E-state index in [1.54, 1.807) is 20.1 Å². The minimum Gasteiger partial charge on any atom is -0.496 e. The maximum Gasteiger partial charge on any atom is 0.330 e. The van der Waals surface area contributed by atoms with E-state index in [9.17, 15) is 4.79 Å². The molecule has 0 heterocycles. The standard InChI is InChI=1S/C13H16O3/c1-10(13(14)15)6-5-8-11-7-3-4-9-12(11)16-2/h3-4,6-7,9H,5,8H2,1-2H3,(H,14,15). The molecule has 1 aromatic carbocycles. The number of rotatable bonds is 5. The Morgan fingerprint density at radius 1 is 1.44 bits per heavy atom. The minimum atomic E-state index is -0.861. The third kappa shape index (κ3) is 3.42. The SMILES string of the molecule is COc1ccccc1CCC=C(C)C(=O)O. The van der Waals surface area contributed by atoms with E-state index in [0.717, 1.165) is 17.7 Å². The van der Waals surface area contributed by atoms with E-state index < -0.39 is 5.97 Å². The first-order valence-corrected chi connectivity index (χ1v) is 5.17. The van der Waals surface area contributed by atoms with Crippen LogP contribution in [0.15, 0.2) is 35.9 Å². The lowest BCUT2D eigenvalue weighted by molar-refractivity contribution is -0.132. The van der Waals surface area contributed by atoms with E-state index in [2.05, 4.69) is 0 Å². The fraction of sp³-hybridized carbons (Fsp3) is 0.308. The van der Waals surface area contributed by atoms with Gasteiger partial charge in [-0.3, -0.25) is 0 Å². The zero-order valence-electron chi connectivity index (χ0n) is 9.56. The predicted octanol–water partition coefficient (Wildman–Crippen LogP) is 2.66. The Bertz CT molecular complexity index is 394. The van der Waals surface area contributed by atoms with E-state index in [4.69, 9.17) is 9.84 Å². The average molecular weight is 220 g/mol. The van der Waals surface area contributed by atoms with Crippen LogP contribution in [0.1, 0.15) is 18.9 Å². The summed E-state index contributed by atoms with van der Waals surface area (Å²) in [4.78, 5) is 10.6. The van der Waals surface area contributed by atoms with Crippen LogP contribution in [-0.4, -0.2) is 18.2 Å². The van der Waals surface area contributed by atoms with Gasteiger partial charge in [0.05, 0.1) is 7.11 Å². The number of allylic oxidation sites excluding steroid dienone is 1. The molecule has 0 amide bonds. The zero-order valence-corrected chi connectivity index (χ0v) is 9.56. The molecule has 0 aromatic heterocycles. The van der Waals surface area contributed by atoms with Crippen molar-refractivity contribution in [3.63, 3.8) is 0 Å². The first kappa shape index (κ1) is 12.3. The summed E-state index contributed by atoms with van der Waals surface area (Å²) in [5, 5.41) is 8.69. The van der Waals surface area contributed by atoms with Gasteiger partial charge in [0, 0.05) is 5.57 Å². The van der Waals surface area contributed by atoms with Crippen molar-refractivity contribution in [3.8, 4) is 5.75 Å². The highest BCUT2D eigenvalue weighted by atomic mass is 16.5. The summed E-state index contributed by atoms with van der Waals surface area (Å²) in [6.07, 6.45) is 3.22. The molecular formula is C13H16O3. The van der Waals surface area contributed by atoms with Crippen molar-refractivity contribution in [2.75, 3.05) is 7.11 Å². The number of ether oxygens (including phenoxy) is 1. The third-order valence-corrected chi connectivity index (χ3v) is 2.39. The fourth-order valence-electron chi connectivity index (χ4n) is 1.44. The minimum absolute atomic E-state index is 0.384. The summed E-state index contributed by atoms with van der Waals surface area (Å²) in [7, 11) is 1.64. The number of carbonyl (C=O) groups is 1. The topological polar surface area (TPSA) is 46.5 Å². The lowest BCUT2D eigenvalue weighted by atomic mass is 10.1. The molecule has 0 saturated heterocycles. The molecule has 16 heavy (non-hydrogen) atoms. The average Bonchev–Trinajstić information content (AvgIpc) is 2.29. The molecule has 0 aliphatic heterocycles. The summed E-state index contributed by atoms with van der Waals surface area (Å²) < 4.78 is 5.21. The van der Waals surface area contributed by atoms with E-state index in [0.29, 0.717) is 12.0 Å². The second-order valence-electron chi connectivity index (χ2n) is 3.54. The maximum absolute atomic E-state index is 10.6. The quantitative estimate of drug-likeness (QED) is 0.776. The van der Waals surface area contributed by atoms with Crippen LogP contribution in [0, 0.1) is 0 Å². The van der Waals surface area contributed by atoms with Gasteiger partial charge in [-0.05, 0) is 31.4 Å². The Labute approximate surface area is 95.4 Å². The van der Waals surface area contributed by atoms with Crippen molar-refractivity contribution >= 4 is 5.97 Å². The van der Waals surface area contributed by atoms with Crippen molar-refractivity contribution in [2.24, 2.45) is 0 Å². The third-order valence-electron chi connectivity index (χ3n) is 2.39. The molecule has 0 atom stereocenters. The number of hydrogen-bond acceptors (Lipinski definition) is 2. The highest BCUT2D eigenvalue weighted by Gasteiger charge is 2.02. The van der Waals surface area contributed by atoms with E-state index >= 15 is 0 Å². The molecule has 0 aliphatic rings. The van der Waals surface area contributed by atoms with Gasteiger partial charge < -0.3 is 9.84 Å². The van der Waals surface area contributed by atoms with Gasteiger partial charge in [-0.25, -0.2) is 4.79 Å². The second-order valence-corrected chi connectivity index (χ2v) is 3.54. The molecular weight excluding hydrogens is 204 g/mol. The van der Waals surface area contributed by atoms with Crippen LogP contribution in [0.2, 0.25) is 0 Å². The molecule has 3 heteroatoms. The monoisotopic (exact) mass is 220 g/mol. The number of carboxylic acid groups (broad SMARTS) is 1. The highest BCUT2D eigenvalue weighted by Crippen LogP contribution is 2.19. The fourth-order valence-corrected chi connectivity index (χ4v) is 1.44. The molecule has 1 aromatic rings. The lowest BCUT2D eigenvalue weighted by Crippen LogP contribution is -1.96. The molecule has 0 unspecified atom stereocenters. The largest absolute Gasteiger partial charge is 0.496 e. The number of para-hydroxylation sites is 1. The van der Waals surface area contributed by atoms with Crippen LogP contribution in [0.25, 0.3) is 0 Å². The molecule has 0 spiro atoms. The van der Waals surface area contributed by atoms with Crippen LogP contribution in [0.3, 0.4) is 0 Å². The Kier molecular flexibility index (Phi) is 4.58. The van der Waals surface area contributed by atoms with Gasteiger partial charge in [-0.1, -0.05) is 24.3 Å². The highest BCUT2D eigenvalue weighted by molar-refractivity contribution is 5.85. The Morgan fingerprint density at radius 3 is 2.75 bits per heavy atom. The van der Waals surface area contributed by atoms with Crippen LogP contribution in [-0.2, 0) is 11.2 Å². The number of methoxy groups -OCH3 is 1. The number of hydrogen-bond donors (Lipinski definition) is 1. The van der Waals surface area contributed by atoms with Gasteiger partial charge >= 0.3 is 5.97 Å². The van der Waals surface area contributed by atoms with Crippen LogP contribution in [0.4, 0.5) is 0 Å². The summed E-state index contributed by atoms with van der Waals surface area (Å²) in [6.45, 7) is 1.60. The van der Waals surface area contributed by atoms with E-state index in [1.807, 2.05) is 24.3 Å². The van der Waals surface area contributed by atoms with Crippen molar-refractivity contribution in [2.45, 2.75) is 19.8 Å². The van der Waals surface area contributed by atoms with E-state index in [-0.39, 0.29) is 0 Å². The van der Waals surface area contributed by atoms with Crippen molar-refractivity contribution in [3.05, 3.63) is 41.5 Å². The molecule has 0 bridgehead atoms. The normalized spacial score (nSPS) is 11.2. The molecule has 0 aliphatic carbocycles. The summed E-state index contributed by atoms with van der Waals surface area (Å²) >= 11 is 0. The Balaban J connectivity index is 2.61. The molecule has 0 saturated carbocycles. The van der Waals surface area contributed by atoms with Crippen LogP contribution >= 0.6 is 0 Å². The van der Waals surface area contributed by atoms with Crippen molar-refractivity contribution in [1.82, 2.24) is 0 Å². The number of carboxylic acids is 1. The van der Waals surface area contributed by atoms with Crippen molar-refractivity contribution in [1.29, 1.82) is 0 Å². The predicted molar refractivity (Wildman–Crippen MR) is 62.7 cm³/mol. The van der Waals surface area contributed by atoms with Crippen molar-refractivity contribution < 1.29 is 14.6 Å². The van der Waals surface area contributed by atoms with Gasteiger partial charge in [0.2, 0.25) is 0 Å². The molecule has 1 rings (SSSR count). The summed E-state index contributed by atoms with van der Waals surface area (Å²) in [6, 6.07) is 7.76. The molecule has 1 N–H and O–H groups in total. The van der Waals surface area contributed by atoms with E-state index in [1.165, 1.54) is 0 Å². The second kappa shape index (κ2) is 5.95. The molecule has 0 fully saturated rings. The Hall–Kier alpha value is -1.77. The van der Waals surface area contributed by atoms with Gasteiger partial charge in [-0.2, -0.15) is 0 Å². The number of aliphatic carboxylic acids is 1. The maximum atomic E-state index is 10.6. The lowest BCUT2D eigenvalue weighted by Gasteiger charge is -2.06. The zero-order chi connectivity index (χ0) is 12.0. The van der Waals surface area contributed by atoms with Gasteiger partial charge in [0.1, 0.15) is 5.75 Å². The number of aryl methyl sites for hydroxylation is 1. The molecule has 0 radical (unpaired) electrons. The number of benzene rings is 1. The molecule has 3 nitrogen and oxygen atoms in total. The van der Waals surface area contributed by atoms with Gasteiger partial charge in [0.15, 0.2) is 0 Å². The first-order valence-electron chi connectivity index (χ1n) is 5.17. The smallest absolute Gasteiger partial charge is 0.330 e. The van der Waals surface area contributed by atoms with Crippen LogP contribution in [0.5, 0.6) is 5.75 Å². The van der Waals surface area contributed by atoms with Gasteiger partial charge in [0.25, 0.3) is 0 Å². The molecule has 86 valence electrons. The summed E-state index contributed by atoms with van der Waals surface area (Å²) in [5.41, 5.74) is 1.48. The summed E-state index contributed by atoms with van der Waals surface area (Å²) in [5.74, 6) is -0.0103. The first-order chi connectivity index (χ1) is 7.65. The van der Waals surface area contributed by atoms with Gasteiger partial charge in [-0.15, -0.1) is 0 Å².